The lowest BCUT2D eigenvalue weighted by Crippen LogP contribution is -2.58. The highest BCUT2D eigenvalue weighted by molar-refractivity contribution is 6.44. The van der Waals surface area contributed by atoms with Crippen molar-refractivity contribution >= 4 is 19.0 Å². The maximum Gasteiger partial charge on any atom is 0.522 e. The van der Waals surface area contributed by atoms with Crippen LogP contribution in [0.5, 0.6) is 11.5 Å². The fourth-order valence-corrected chi connectivity index (χ4v) is 3.61. The first-order valence-electron chi connectivity index (χ1n) is 9.32. The van der Waals surface area contributed by atoms with Crippen LogP contribution in [0.3, 0.4) is 0 Å². The molecular formula is C19H25BN4O6. The van der Waals surface area contributed by atoms with Crippen molar-refractivity contribution < 1.29 is 29.1 Å². The summed E-state index contributed by atoms with van der Waals surface area (Å²) >= 11 is 0. The van der Waals surface area contributed by atoms with Gasteiger partial charge in [-0.1, -0.05) is 13.5 Å². The number of carboxylic acids is 1. The smallest absolute Gasteiger partial charge is 0.522 e. The molecule has 4 N–H and O–H groups in total. The van der Waals surface area contributed by atoms with Crippen molar-refractivity contribution in [3.05, 3.63) is 41.5 Å². The molecule has 0 spiro atoms. The number of fused-ring (bicyclic) bond motifs is 1. The van der Waals surface area contributed by atoms with Gasteiger partial charge in [0, 0.05) is 0 Å². The van der Waals surface area contributed by atoms with Crippen molar-refractivity contribution in [2.45, 2.75) is 32.3 Å². The molecule has 2 aliphatic rings. The van der Waals surface area contributed by atoms with Gasteiger partial charge in [0.25, 0.3) is 0 Å². The van der Waals surface area contributed by atoms with E-state index >= 15 is 0 Å². The molecule has 160 valence electrons. The third-order valence-electron chi connectivity index (χ3n) is 5.15. The first-order chi connectivity index (χ1) is 14.0. The number of aromatic nitrogens is 2. The molecule has 1 atom stereocenters. The van der Waals surface area contributed by atoms with E-state index in [1.165, 1.54) is 6.33 Å². The van der Waals surface area contributed by atoms with E-state index in [4.69, 9.17) is 9.39 Å². The van der Waals surface area contributed by atoms with E-state index in [-0.39, 0.29) is 36.5 Å². The molecule has 1 amide bonds. The molecule has 2 aliphatic heterocycles. The summed E-state index contributed by atoms with van der Waals surface area (Å²) in [5, 5.41) is 22.3. The number of imidazole rings is 1. The average Bonchev–Trinajstić information content (AvgIpc) is 3.18. The van der Waals surface area contributed by atoms with Crippen LogP contribution in [0.2, 0.25) is 6.32 Å². The standard InChI is InChI=1S/C18H21BN4O6.CH4/c1-20-15(12-6-21-9-22-12)17(24)23-7-11(8-23)28-13-3-2-10-4-5-19(27)29-16(10)14(13)18(25)26;/h2-3,6,9,11,15,20,27H,4-5,7-8H2,1H3,(H,21,22)(H,25,26);1H4. The maximum atomic E-state index is 12.7. The van der Waals surface area contributed by atoms with Crippen LogP contribution in [0.15, 0.2) is 24.7 Å². The van der Waals surface area contributed by atoms with Crippen molar-refractivity contribution in [2.75, 3.05) is 20.1 Å². The van der Waals surface area contributed by atoms with Gasteiger partial charge in [0.1, 0.15) is 29.2 Å². The number of carboxylic acid groups (broad SMARTS) is 1. The molecule has 1 saturated heterocycles. The number of likely N-dealkylation sites (tertiary alicyclic amines) is 1. The van der Waals surface area contributed by atoms with Crippen LogP contribution < -0.4 is 14.7 Å². The Morgan fingerprint density at radius 3 is 2.83 bits per heavy atom. The summed E-state index contributed by atoms with van der Waals surface area (Å²) in [6.45, 7) is 0.676. The number of carbonyl (C=O) groups is 2. The van der Waals surface area contributed by atoms with Crippen LogP contribution in [0.25, 0.3) is 0 Å². The minimum Gasteiger partial charge on any atom is -0.535 e. The molecule has 0 radical (unpaired) electrons. The molecule has 1 aromatic heterocycles. The van der Waals surface area contributed by atoms with Gasteiger partial charge in [0.15, 0.2) is 0 Å². The maximum absolute atomic E-state index is 12.7. The van der Waals surface area contributed by atoms with E-state index in [9.17, 15) is 19.7 Å². The lowest BCUT2D eigenvalue weighted by molar-refractivity contribution is -0.142. The predicted molar refractivity (Wildman–Crippen MR) is 109 cm³/mol. The first-order valence-corrected chi connectivity index (χ1v) is 9.32. The van der Waals surface area contributed by atoms with E-state index in [2.05, 4.69) is 15.3 Å². The number of nitrogens with zero attached hydrogens (tertiary/aromatic N) is 2. The lowest BCUT2D eigenvalue weighted by atomic mass is 9.78. The Labute approximate surface area is 174 Å². The molecule has 1 unspecified atom stereocenters. The largest absolute Gasteiger partial charge is 0.535 e. The number of nitrogens with one attached hydrogen (secondary N) is 2. The van der Waals surface area contributed by atoms with Crippen LogP contribution in [0.1, 0.15) is 35.1 Å². The Morgan fingerprint density at radius 2 is 2.20 bits per heavy atom. The summed E-state index contributed by atoms with van der Waals surface area (Å²) in [7, 11) is 0.659. The van der Waals surface area contributed by atoms with Gasteiger partial charge in [-0.3, -0.25) is 4.79 Å². The Hall–Kier alpha value is -3.05. The SMILES string of the molecule is C.CNC(C(=O)N1CC(Oc2ccc3c(c2C(=O)O)OB(O)CC3)C1)c1cnc[nH]1. The van der Waals surface area contributed by atoms with Crippen molar-refractivity contribution in [3.8, 4) is 11.5 Å². The van der Waals surface area contributed by atoms with E-state index in [1.54, 1.807) is 30.3 Å². The number of likely N-dealkylation sites (N-methyl/N-ethyl adjacent to an activating group) is 1. The molecule has 0 saturated carbocycles. The van der Waals surface area contributed by atoms with Crippen molar-refractivity contribution in [2.24, 2.45) is 0 Å². The normalized spacial score (nSPS) is 16.6. The van der Waals surface area contributed by atoms with Gasteiger partial charge in [0.05, 0.1) is 31.3 Å². The Bertz CT molecular complexity index is 916. The second-order valence-corrected chi connectivity index (χ2v) is 7.05. The molecule has 2 aromatic rings. The zero-order valence-corrected chi connectivity index (χ0v) is 15.8. The number of hydrogen-bond acceptors (Lipinski definition) is 7. The molecule has 4 rings (SSSR count). The number of aromatic carboxylic acids is 1. The fraction of sp³-hybridized carbons (Fsp3) is 0.421. The Balaban J connectivity index is 0.00000256. The summed E-state index contributed by atoms with van der Waals surface area (Å²) in [5.74, 6) is -0.990. The van der Waals surface area contributed by atoms with Crippen LogP contribution in [-0.2, 0) is 11.2 Å². The monoisotopic (exact) mass is 416 g/mol. The summed E-state index contributed by atoms with van der Waals surface area (Å²) in [5.41, 5.74) is 1.29. The fourth-order valence-electron chi connectivity index (χ4n) is 3.61. The minimum atomic E-state index is -1.19. The Morgan fingerprint density at radius 1 is 1.43 bits per heavy atom. The second kappa shape index (κ2) is 8.76. The van der Waals surface area contributed by atoms with Gasteiger partial charge in [-0.25, -0.2) is 9.78 Å². The third-order valence-corrected chi connectivity index (χ3v) is 5.15. The molecule has 11 heteroatoms. The zero-order valence-electron chi connectivity index (χ0n) is 15.8. The first kappa shape index (κ1) is 21.7. The number of ether oxygens (including phenoxy) is 1. The predicted octanol–water partition coefficient (Wildman–Crippen LogP) is 0.710. The number of rotatable bonds is 6. The molecule has 0 aliphatic carbocycles. The third kappa shape index (κ3) is 3.98. The number of H-pyrrole nitrogens is 1. The zero-order chi connectivity index (χ0) is 20.5. The van der Waals surface area contributed by atoms with Crippen LogP contribution >= 0.6 is 0 Å². The van der Waals surface area contributed by atoms with Crippen LogP contribution in [0, 0.1) is 0 Å². The molecule has 3 heterocycles. The molecule has 30 heavy (non-hydrogen) atoms. The summed E-state index contributed by atoms with van der Waals surface area (Å²) in [4.78, 5) is 33.0. The van der Waals surface area contributed by atoms with E-state index in [0.717, 1.165) is 5.56 Å². The highest BCUT2D eigenvalue weighted by Crippen LogP contribution is 2.37. The second-order valence-electron chi connectivity index (χ2n) is 7.05. The average molecular weight is 416 g/mol. The lowest BCUT2D eigenvalue weighted by Gasteiger charge is -2.40. The molecule has 1 aromatic carbocycles. The molecule has 10 nitrogen and oxygen atoms in total. The molecule has 1 fully saturated rings. The minimum absolute atomic E-state index is 0. The summed E-state index contributed by atoms with van der Waals surface area (Å²) in [6.07, 6.45) is 3.71. The van der Waals surface area contributed by atoms with E-state index in [1.807, 2.05) is 0 Å². The van der Waals surface area contributed by atoms with Crippen molar-refractivity contribution in [1.29, 1.82) is 0 Å². The topological polar surface area (TPSA) is 137 Å². The quantitative estimate of drug-likeness (QED) is 0.506. The number of amides is 1. The van der Waals surface area contributed by atoms with Gasteiger partial charge >= 0.3 is 13.1 Å². The van der Waals surface area contributed by atoms with E-state index < -0.39 is 19.1 Å². The number of aromatic amines is 1. The Kier molecular flexibility index (Phi) is 6.32. The van der Waals surface area contributed by atoms with Gasteiger partial charge in [0.2, 0.25) is 5.91 Å². The van der Waals surface area contributed by atoms with Crippen molar-refractivity contribution in [1.82, 2.24) is 20.2 Å². The van der Waals surface area contributed by atoms with Gasteiger partial charge in [-0.2, -0.15) is 0 Å². The van der Waals surface area contributed by atoms with Crippen LogP contribution in [-0.4, -0.2) is 70.2 Å². The summed E-state index contributed by atoms with van der Waals surface area (Å²) < 4.78 is 11.2. The number of carbonyl (C=O) groups excluding carboxylic acids is 1. The van der Waals surface area contributed by atoms with Crippen molar-refractivity contribution in [3.63, 3.8) is 0 Å². The van der Waals surface area contributed by atoms with Gasteiger partial charge < -0.3 is 34.7 Å². The highest BCUT2D eigenvalue weighted by atomic mass is 16.5. The van der Waals surface area contributed by atoms with E-state index in [0.29, 0.717) is 31.5 Å². The number of hydrogen-bond donors (Lipinski definition) is 4. The highest BCUT2D eigenvalue weighted by Gasteiger charge is 2.38. The van der Waals surface area contributed by atoms with Gasteiger partial charge in [-0.15, -0.1) is 0 Å². The van der Waals surface area contributed by atoms with Gasteiger partial charge in [-0.05, 0) is 31.4 Å². The number of aryl methyl sites for hydroxylation is 1. The van der Waals surface area contributed by atoms with Crippen LogP contribution in [0.4, 0.5) is 0 Å². The number of benzene rings is 1. The summed E-state index contributed by atoms with van der Waals surface area (Å²) in [6, 6.07) is 2.82. The molecule has 0 bridgehead atoms. The molecular weight excluding hydrogens is 391 g/mol.